The van der Waals surface area contributed by atoms with Crippen LogP contribution in [-0.2, 0) is 26.2 Å². The number of nitrogens with zero attached hydrogens (tertiary/aromatic N) is 2. The highest BCUT2D eigenvalue weighted by molar-refractivity contribution is 7.92. The summed E-state index contributed by atoms with van der Waals surface area (Å²) in [7, 11) is -3.57. The van der Waals surface area contributed by atoms with Crippen LogP contribution in [0.2, 0.25) is 10.0 Å². The number of hydrogen-bond donors (Lipinski definition) is 1. The van der Waals surface area contributed by atoms with Gasteiger partial charge in [-0.25, -0.2) is 8.42 Å². The fourth-order valence-corrected chi connectivity index (χ4v) is 5.20. The molecule has 0 fully saturated rings. The summed E-state index contributed by atoms with van der Waals surface area (Å²) in [6.45, 7) is 11.3. The van der Waals surface area contributed by atoms with E-state index in [2.05, 4.69) is 5.32 Å². The summed E-state index contributed by atoms with van der Waals surface area (Å²) in [4.78, 5) is 27.9. The third kappa shape index (κ3) is 9.20. The van der Waals surface area contributed by atoms with Crippen molar-refractivity contribution in [1.29, 1.82) is 0 Å². The first-order valence-corrected chi connectivity index (χ1v) is 14.7. The van der Waals surface area contributed by atoms with Crippen molar-refractivity contribution in [1.82, 2.24) is 10.2 Å². The SMILES string of the molecule is Cc1ccc(C)c(N(CCCC(=O)N(Cc2ccc(Cl)c(Cl)c2)C(C)C(=O)NC(C)(C)C)S(C)(=O)=O)c1. The molecule has 37 heavy (non-hydrogen) atoms. The number of sulfonamides is 1. The van der Waals surface area contributed by atoms with Crippen molar-refractivity contribution in [3.63, 3.8) is 0 Å². The number of halogens is 2. The van der Waals surface area contributed by atoms with Crippen molar-refractivity contribution in [3.05, 3.63) is 63.1 Å². The average molecular weight is 571 g/mol. The Labute approximate surface area is 231 Å². The quantitative estimate of drug-likeness (QED) is 0.410. The topological polar surface area (TPSA) is 86.8 Å². The molecule has 0 heterocycles. The van der Waals surface area contributed by atoms with E-state index in [4.69, 9.17) is 23.2 Å². The van der Waals surface area contributed by atoms with Crippen LogP contribution in [0.1, 0.15) is 57.2 Å². The molecule has 204 valence electrons. The summed E-state index contributed by atoms with van der Waals surface area (Å²) in [5, 5.41) is 3.67. The maximum atomic E-state index is 13.4. The number of carbonyl (C=O) groups is 2. The third-order valence-corrected chi connectivity index (χ3v) is 7.71. The molecular formula is C27H37Cl2N3O4S. The summed E-state index contributed by atoms with van der Waals surface area (Å²) in [6.07, 6.45) is 1.50. The highest BCUT2D eigenvalue weighted by Gasteiger charge is 2.29. The van der Waals surface area contributed by atoms with Gasteiger partial charge in [-0.3, -0.25) is 13.9 Å². The number of benzene rings is 2. The Hall–Kier alpha value is -2.29. The number of hydrogen-bond acceptors (Lipinski definition) is 4. The van der Waals surface area contributed by atoms with Gasteiger partial charge in [0.2, 0.25) is 21.8 Å². The van der Waals surface area contributed by atoms with Crippen LogP contribution in [0.5, 0.6) is 0 Å². The van der Waals surface area contributed by atoms with Gasteiger partial charge in [-0.2, -0.15) is 0 Å². The van der Waals surface area contributed by atoms with Crippen molar-refractivity contribution >= 4 is 50.7 Å². The standard InChI is InChI=1S/C27H37Cl2N3O4S/c1-18-10-11-19(2)24(15-18)32(37(7,35)36)14-8-9-25(33)31(20(3)26(34)30-27(4,5)6)17-21-12-13-22(28)23(29)16-21/h10-13,15-16,20H,8-9,14,17H2,1-7H3,(H,30,34). The van der Waals surface area contributed by atoms with Crippen LogP contribution >= 0.6 is 23.2 Å². The second-order valence-corrected chi connectivity index (χ2v) is 13.1. The third-order valence-electron chi connectivity index (χ3n) is 5.79. The minimum Gasteiger partial charge on any atom is -0.350 e. The largest absolute Gasteiger partial charge is 0.350 e. The van der Waals surface area contributed by atoms with Gasteiger partial charge in [-0.05, 0) is 82.9 Å². The fourth-order valence-electron chi connectivity index (χ4n) is 3.86. The molecule has 0 saturated carbocycles. The van der Waals surface area contributed by atoms with Crippen molar-refractivity contribution < 1.29 is 18.0 Å². The van der Waals surface area contributed by atoms with E-state index < -0.39 is 21.6 Å². The van der Waals surface area contributed by atoms with E-state index in [9.17, 15) is 18.0 Å². The minimum atomic E-state index is -3.57. The molecule has 0 aliphatic carbocycles. The predicted molar refractivity (Wildman–Crippen MR) is 152 cm³/mol. The second-order valence-electron chi connectivity index (χ2n) is 10.4. The zero-order valence-electron chi connectivity index (χ0n) is 22.6. The fraction of sp³-hybridized carbons (Fsp3) is 0.481. The van der Waals surface area contributed by atoms with Crippen molar-refractivity contribution in [2.45, 2.75) is 72.5 Å². The molecule has 1 unspecified atom stereocenters. The van der Waals surface area contributed by atoms with E-state index in [-0.39, 0.29) is 37.7 Å². The van der Waals surface area contributed by atoms with Gasteiger partial charge < -0.3 is 10.2 Å². The van der Waals surface area contributed by atoms with Crippen molar-refractivity contribution in [2.24, 2.45) is 0 Å². The highest BCUT2D eigenvalue weighted by atomic mass is 35.5. The Bertz CT molecular complexity index is 1240. The number of anilines is 1. The number of aryl methyl sites for hydroxylation is 2. The number of carbonyl (C=O) groups excluding carboxylic acids is 2. The minimum absolute atomic E-state index is 0.0609. The van der Waals surface area contributed by atoms with Crippen LogP contribution < -0.4 is 9.62 Å². The first kappa shape index (κ1) is 30.9. The maximum Gasteiger partial charge on any atom is 0.242 e. The first-order chi connectivity index (χ1) is 17.0. The molecule has 2 aromatic rings. The maximum absolute atomic E-state index is 13.4. The molecule has 1 atom stereocenters. The van der Waals surface area contributed by atoms with Crippen LogP contribution in [0.3, 0.4) is 0 Å². The summed E-state index contributed by atoms with van der Waals surface area (Å²) >= 11 is 12.2. The summed E-state index contributed by atoms with van der Waals surface area (Å²) in [5.74, 6) is -0.550. The molecule has 2 amide bonds. The number of amides is 2. The zero-order chi connectivity index (χ0) is 28.1. The molecular weight excluding hydrogens is 533 g/mol. The van der Waals surface area contributed by atoms with Crippen molar-refractivity contribution in [2.75, 3.05) is 17.1 Å². The second kappa shape index (κ2) is 12.5. The van der Waals surface area contributed by atoms with E-state index in [1.54, 1.807) is 25.1 Å². The van der Waals surface area contributed by atoms with Gasteiger partial charge in [0.1, 0.15) is 6.04 Å². The molecule has 2 rings (SSSR count). The lowest BCUT2D eigenvalue weighted by atomic mass is 10.1. The molecule has 0 spiro atoms. The lowest BCUT2D eigenvalue weighted by Crippen LogP contribution is -2.52. The predicted octanol–water partition coefficient (Wildman–Crippen LogP) is 5.49. The first-order valence-electron chi connectivity index (χ1n) is 12.1. The molecule has 0 aliphatic heterocycles. The molecule has 0 aliphatic rings. The number of rotatable bonds is 10. The monoisotopic (exact) mass is 569 g/mol. The Kier molecular flexibility index (Phi) is 10.5. The summed E-state index contributed by atoms with van der Waals surface area (Å²) in [6, 6.07) is 9.95. The van der Waals surface area contributed by atoms with E-state index in [0.717, 1.165) is 22.9 Å². The molecule has 0 saturated heterocycles. The molecule has 2 aromatic carbocycles. The Balaban J connectivity index is 2.25. The lowest BCUT2D eigenvalue weighted by molar-refractivity contribution is -0.141. The Morgan fingerprint density at radius 3 is 2.24 bits per heavy atom. The molecule has 10 heteroatoms. The molecule has 0 bridgehead atoms. The van der Waals surface area contributed by atoms with Gasteiger partial charge in [-0.1, -0.05) is 41.4 Å². The molecule has 0 radical (unpaired) electrons. The van der Waals surface area contributed by atoms with Crippen LogP contribution in [0.4, 0.5) is 5.69 Å². The van der Waals surface area contributed by atoms with Crippen LogP contribution in [0.25, 0.3) is 0 Å². The normalized spacial score (nSPS) is 12.7. The van der Waals surface area contributed by atoms with E-state index >= 15 is 0 Å². The van der Waals surface area contributed by atoms with Gasteiger partial charge in [0.25, 0.3) is 0 Å². The average Bonchev–Trinajstić information content (AvgIpc) is 2.76. The van der Waals surface area contributed by atoms with Crippen LogP contribution in [0, 0.1) is 13.8 Å². The van der Waals surface area contributed by atoms with Gasteiger partial charge in [-0.15, -0.1) is 0 Å². The Morgan fingerprint density at radius 1 is 1.03 bits per heavy atom. The van der Waals surface area contributed by atoms with Gasteiger partial charge in [0.15, 0.2) is 0 Å². The molecule has 7 nitrogen and oxygen atoms in total. The van der Waals surface area contributed by atoms with Gasteiger partial charge in [0, 0.05) is 25.0 Å². The van der Waals surface area contributed by atoms with E-state index in [0.29, 0.717) is 15.7 Å². The summed E-state index contributed by atoms with van der Waals surface area (Å²) < 4.78 is 26.5. The van der Waals surface area contributed by atoms with Gasteiger partial charge in [0.05, 0.1) is 22.0 Å². The smallest absolute Gasteiger partial charge is 0.242 e. The van der Waals surface area contributed by atoms with E-state index in [1.165, 1.54) is 9.21 Å². The number of nitrogens with one attached hydrogen (secondary N) is 1. The molecule has 0 aromatic heterocycles. The lowest BCUT2D eigenvalue weighted by Gasteiger charge is -2.32. The van der Waals surface area contributed by atoms with E-state index in [1.807, 2.05) is 52.8 Å². The van der Waals surface area contributed by atoms with Gasteiger partial charge >= 0.3 is 0 Å². The highest BCUT2D eigenvalue weighted by Crippen LogP contribution is 2.26. The Morgan fingerprint density at radius 2 is 1.68 bits per heavy atom. The summed E-state index contributed by atoms with van der Waals surface area (Å²) in [5.41, 5.74) is 2.63. The zero-order valence-corrected chi connectivity index (χ0v) is 24.9. The molecule has 1 N–H and O–H groups in total. The van der Waals surface area contributed by atoms with Crippen LogP contribution in [0.15, 0.2) is 36.4 Å². The van der Waals surface area contributed by atoms with Crippen LogP contribution in [-0.4, -0.2) is 49.5 Å². The van der Waals surface area contributed by atoms with Crippen molar-refractivity contribution in [3.8, 4) is 0 Å².